The summed E-state index contributed by atoms with van der Waals surface area (Å²) in [6, 6.07) is 14.1. The number of rotatable bonds is 6. The van der Waals surface area contributed by atoms with Crippen molar-refractivity contribution in [3.8, 4) is 5.75 Å². The molecule has 0 aliphatic heterocycles. The van der Waals surface area contributed by atoms with Crippen LogP contribution in [0, 0.1) is 5.82 Å². The molecule has 1 N–H and O–H groups in total. The van der Waals surface area contributed by atoms with E-state index in [-0.39, 0.29) is 17.1 Å². The first-order valence-corrected chi connectivity index (χ1v) is 7.25. The molecular weight excluding hydrogens is 289 g/mol. The molecule has 2 nitrogen and oxygen atoms in total. The van der Waals surface area contributed by atoms with Crippen molar-refractivity contribution >= 4 is 11.6 Å². The molecule has 2 aromatic carbocycles. The van der Waals surface area contributed by atoms with Gasteiger partial charge in [-0.15, -0.1) is 0 Å². The van der Waals surface area contributed by atoms with Crippen LogP contribution in [0.5, 0.6) is 5.75 Å². The maximum absolute atomic E-state index is 13.4. The van der Waals surface area contributed by atoms with Gasteiger partial charge < -0.3 is 10.1 Å². The van der Waals surface area contributed by atoms with E-state index < -0.39 is 0 Å². The highest BCUT2D eigenvalue weighted by atomic mass is 35.5. The Kier molecular flexibility index (Phi) is 5.21. The van der Waals surface area contributed by atoms with E-state index in [4.69, 9.17) is 16.3 Å². The Labute approximate surface area is 129 Å². The monoisotopic (exact) mass is 307 g/mol. The molecule has 0 unspecified atom stereocenters. The lowest BCUT2D eigenvalue weighted by Crippen LogP contribution is -2.39. The first-order valence-electron chi connectivity index (χ1n) is 6.87. The van der Waals surface area contributed by atoms with Gasteiger partial charge in [-0.2, -0.15) is 0 Å². The third-order valence-electron chi connectivity index (χ3n) is 3.33. The van der Waals surface area contributed by atoms with Crippen LogP contribution in [-0.2, 0) is 5.54 Å². The van der Waals surface area contributed by atoms with Crippen LogP contribution in [0.15, 0.2) is 48.5 Å². The SMILES string of the molecule is CC(C)(NCCOc1ccccc1F)c1ccc(Cl)cc1. The van der Waals surface area contributed by atoms with Gasteiger partial charge in [0.1, 0.15) is 6.61 Å². The standard InChI is InChI=1S/C17H19ClFNO/c1-17(2,13-7-9-14(18)10-8-13)20-11-12-21-16-6-4-3-5-15(16)19/h3-10,20H,11-12H2,1-2H3. The number of ether oxygens (including phenoxy) is 1. The van der Waals surface area contributed by atoms with E-state index in [1.54, 1.807) is 18.2 Å². The van der Waals surface area contributed by atoms with Gasteiger partial charge in [0.2, 0.25) is 0 Å². The van der Waals surface area contributed by atoms with Crippen LogP contribution >= 0.6 is 11.6 Å². The van der Waals surface area contributed by atoms with Gasteiger partial charge in [-0.3, -0.25) is 0 Å². The van der Waals surface area contributed by atoms with Gasteiger partial charge in [0.05, 0.1) is 0 Å². The summed E-state index contributed by atoms with van der Waals surface area (Å²) in [7, 11) is 0. The molecule has 21 heavy (non-hydrogen) atoms. The Morgan fingerprint density at radius 1 is 1.10 bits per heavy atom. The van der Waals surface area contributed by atoms with Crippen LogP contribution in [0.1, 0.15) is 19.4 Å². The third-order valence-corrected chi connectivity index (χ3v) is 3.58. The lowest BCUT2D eigenvalue weighted by atomic mass is 9.94. The fourth-order valence-corrected chi connectivity index (χ4v) is 2.18. The quantitative estimate of drug-likeness (QED) is 0.800. The van der Waals surface area contributed by atoms with Crippen molar-refractivity contribution < 1.29 is 9.13 Å². The van der Waals surface area contributed by atoms with E-state index in [9.17, 15) is 4.39 Å². The number of benzene rings is 2. The Bertz CT molecular complexity index is 584. The lowest BCUT2D eigenvalue weighted by Gasteiger charge is -2.27. The largest absolute Gasteiger partial charge is 0.489 e. The van der Waals surface area contributed by atoms with Crippen LogP contribution < -0.4 is 10.1 Å². The Morgan fingerprint density at radius 3 is 2.43 bits per heavy atom. The second-order valence-corrected chi connectivity index (χ2v) is 5.77. The Balaban J connectivity index is 1.85. The summed E-state index contributed by atoms with van der Waals surface area (Å²) < 4.78 is 18.8. The van der Waals surface area contributed by atoms with Crippen molar-refractivity contribution in [3.63, 3.8) is 0 Å². The van der Waals surface area contributed by atoms with E-state index in [0.29, 0.717) is 13.2 Å². The van der Waals surface area contributed by atoms with Crippen LogP contribution in [0.25, 0.3) is 0 Å². The van der Waals surface area contributed by atoms with Crippen molar-refractivity contribution in [1.82, 2.24) is 5.32 Å². The van der Waals surface area contributed by atoms with Crippen molar-refractivity contribution in [2.45, 2.75) is 19.4 Å². The van der Waals surface area contributed by atoms with Crippen molar-refractivity contribution in [3.05, 3.63) is 64.9 Å². The molecule has 0 spiro atoms. The zero-order chi connectivity index (χ0) is 15.3. The fourth-order valence-electron chi connectivity index (χ4n) is 2.05. The zero-order valence-corrected chi connectivity index (χ0v) is 13.0. The molecule has 0 heterocycles. The Hall–Kier alpha value is -1.58. The topological polar surface area (TPSA) is 21.3 Å². The average molecular weight is 308 g/mol. The number of para-hydroxylation sites is 1. The molecule has 0 radical (unpaired) electrons. The molecule has 0 fully saturated rings. The summed E-state index contributed by atoms with van der Waals surface area (Å²) in [4.78, 5) is 0. The van der Waals surface area contributed by atoms with Gasteiger partial charge in [-0.1, -0.05) is 35.9 Å². The van der Waals surface area contributed by atoms with Gasteiger partial charge in [0.25, 0.3) is 0 Å². The zero-order valence-electron chi connectivity index (χ0n) is 12.2. The second-order valence-electron chi connectivity index (χ2n) is 5.34. The molecule has 0 aromatic heterocycles. The van der Waals surface area contributed by atoms with Crippen LogP contribution in [0.3, 0.4) is 0 Å². The van der Waals surface area contributed by atoms with Gasteiger partial charge in [0.15, 0.2) is 11.6 Å². The summed E-state index contributed by atoms with van der Waals surface area (Å²) in [5.74, 6) is -0.0574. The van der Waals surface area contributed by atoms with E-state index in [0.717, 1.165) is 10.6 Å². The number of nitrogens with one attached hydrogen (secondary N) is 1. The minimum absolute atomic E-state index is 0.205. The maximum atomic E-state index is 13.4. The highest BCUT2D eigenvalue weighted by Crippen LogP contribution is 2.21. The highest BCUT2D eigenvalue weighted by molar-refractivity contribution is 6.30. The molecule has 2 rings (SSSR count). The van der Waals surface area contributed by atoms with Gasteiger partial charge >= 0.3 is 0 Å². The molecule has 2 aromatic rings. The summed E-state index contributed by atoms with van der Waals surface area (Å²) in [6.07, 6.45) is 0. The summed E-state index contributed by atoms with van der Waals surface area (Å²) in [5.41, 5.74) is 0.932. The average Bonchev–Trinajstić information content (AvgIpc) is 2.46. The molecule has 4 heteroatoms. The summed E-state index contributed by atoms with van der Waals surface area (Å²) in [5, 5.41) is 4.11. The van der Waals surface area contributed by atoms with E-state index in [2.05, 4.69) is 19.2 Å². The normalized spacial score (nSPS) is 11.4. The van der Waals surface area contributed by atoms with Crippen molar-refractivity contribution in [2.24, 2.45) is 0 Å². The predicted molar refractivity (Wildman–Crippen MR) is 84.4 cm³/mol. The van der Waals surface area contributed by atoms with Gasteiger partial charge in [-0.05, 0) is 43.7 Å². The van der Waals surface area contributed by atoms with Gasteiger partial charge in [-0.25, -0.2) is 4.39 Å². The second kappa shape index (κ2) is 6.92. The molecule has 0 aliphatic carbocycles. The number of halogens is 2. The fraction of sp³-hybridized carbons (Fsp3) is 0.294. The minimum Gasteiger partial charge on any atom is -0.489 e. The van der Waals surface area contributed by atoms with Crippen molar-refractivity contribution in [2.75, 3.05) is 13.2 Å². The summed E-state index contributed by atoms with van der Waals surface area (Å²) >= 11 is 5.90. The first kappa shape index (κ1) is 15.8. The van der Waals surface area contributed by atoms with E-state index in [1.165, 1.54) is 6.07 Å². The number of hydrogen-bond acceptors (Lipinski definition) is 2. The Morgan fingerprint density at radius 2 is 1.76 bits per heavy atom. The van der Waals surface area contributed by atoms with E-state index >= 15 is 0 Å². The van der Waals surface area contributed by atoms with E-state index in [1.807, 2.05) is 24.3 Å². The van der Waals surface area contributed by atoms with Gasteiger partial charge in [0, 0.05) is 17.1 Å². The molecule has 0 bridgehead atoms. The predicted octanol–water partition coefficient (Wildman–Crippen LogP) is 4.38. The molecular formula is C17H19ClFNO. The maximum Gasteiger partial charge on any atom is 0.165 e. The first-order chi connectivity index (χ1) is 9.99. The molecule has 0 amide bonds. The molecule has 0 saturated heterocycles. The number of hydrogen-bond donors (Lipinski definition) is 1. The summed E-state index contributed by atoms with van der Waals surface area (Å²) in [6.45, 7) is 5.18. The highest BCUT2D eigenvalue weighted by Gasteiger charge is 2.19. The van der Waals surface area contributed by atoms with Crippen LogP contribution in [-0.4, -0.2) is 13.2 Å². The van der Waals surface area contributed by atoms with Crippen LogP contribution in [0.4, 0.5) is 4.39 Å². The van der Waals surface area contributed by atoms with Crippen molar-refractivity contribution in [1.29, 1.82) is 0 Å². The lowest BCUT2D eigenvalue weighted by molar-refractivity contribution is 0.275. The molecule has 0 atom stereocenters. The third kappa shape index (κ3) is 4.45. The molecule has 112 valence electrons. The molecule has 0 aliphatic rings. The smallest absolute Gasteiger partial charge is 0.165 e. The molecule has 0 saturated carbocycles. The minimum atomic E-state index is -0.338. The van der Waals surface area contributed by atoms with Crippen LogP contribution in [0.2, 0.25) is 5.02 Å².